The van der Waals surface area contributed by atoms with Crippen molar-refractivity contribution in [2.24, 2.45) is 29.1 Å². The fraction of sp³-hybridized carbons (Fsp3) is 0.581. The molecule has 4 aliphatic rings. The minimum atomic E-state index is -0.922. The number of piperidine rings is 1. The number of likely N-dealkylation sites (tertiary alicyclic amines) is 1. The number of ether oxygens (including phenoxy) is 1. The molecule has 4 fully saturated rings. The van der Waals surface area contributed by atoms with E-state index >= 15 is 0 Å². The molecule has 12 heteroatoms. The van der Waals surface area contributed by atoms with Gasteiger partial charge >= 0.3 is 0 Å². The van der Waals surface area contributed by atoms with E-state index in [0.717, 1.165) is 23.7 Å². The molecule has 1 aromatic carbocycles. The second kappa shape index (κ2) is 11.2. The lowest BCUT2D eigenvalue weighted by molar-refractivity contribution is -0.143. The average Bonchev–Trinajstić information content (AvgIpc) is 3.65. The predicted molar refractivity (Wildman–Crippen MR) is 158 cm³/mol. The first-order valence-electron chi connectivity index (χ1n) is 15.0. The monoisotopic (exact) mass is 611 g/mol. The Hall–Kier alpha value is -3.60. The van der Waals surface area contributed by atoms with E-state index in [4.69, 9.17) is 16.3 Å². The van der Waals surface area contributed by atoms with E-state index in [1.807, 2.05) is 18.2 Å². The number of aromatic nitrogens is 1. The van der Waals surface area contributed by atoms with Gasteiger partial charge in [0, 0.05) is 29.9 Å². The summed E-state index contributed by atoms with van der Waals surface area (Å²) in [4.78, 5) is 71.0. The third-order valence-electron chi connectivity index (χ3n) is 10.0. The van der Waals surface area contributed by atoms with E-state index in [1.165, 1.54) is 0 Å². The normalized spacial score (nSPS) is 26.8. The Morgan fingerprint density at radius 1 is 1.16 bits per heavy atom. The molecule has 230 valence electrons. The van der Waals surface area contributed by atoms with Crippen LogP contribution < -0.4 is 20.7 Å². The highest BCUT2D eigenvalue weighted by molar-refractivity contribution is 6.28. The maximum atomic E-state index is 14.1. The third-order valence-corrected chi connectivity index (χ3v) is 10.3. The Balaban J connectivity index is 1.21. The molecule has 2 aliphatic carbocycles. The molecule has 43 heavy (non-hydrogen) atoms. The van der Waals surface area contributed by atoms with Crippen molar-refractivity contribution in [3.8, 4) is 5.75 Å². The summed E-state index contributed by atoms with van der Waals surface area (Å²) in [6.45, 7) is 5.09. The van der Waals surface area contributed by atoms with Crippen molar-refractivity contribution >= 4 is 51.9 Å². The molecule has 2 saturated carbocycles. The van der Waals surface area contributed by atoms with Gasteiger partial charge in [0.1, 0.15) is 23.5 Å². The first-order valence-corrected chi connectivity index (χ1v) is 15.5. The minimum Gasteiger partial charge on any atom is -0.496 e. The number of aromatic amines is 1. The van der Waals surface area contributed by atoms with Crippen LogP contribution in [0.15, 0.2) is 24.3 Å². The van der Waals surface area contributed by atoms with Gasteiger partial charge in [0.15, 0.2) is 5.78 Å². The van der Waals surface area contributed by atoms with Crippen LogP contribution in [-0.4, -0.2) is 83.5 Å². The van der Waals surface area contributed by atoms with Crippen LogP contribution in [0.25, 0.3) is 10.9 Å². The molecule has 4 N–H and O–H groups in total. The molecule has 1 aromatic heterocycles. The van der Waals surface area contributed by atoms with Gasteiger partial charge in [-0.25, -0.2) is 0 Å². The number of fused-ring (bicyclic) bond motifs is 2. The number of rotatable bonds is 11. The van der Waals surface area contributed by atoms with E-state index < -0.39 is 29.9 Å². The highest BCUT2D eigenvalue weighted by Gasteiger charge is 2.70. The molecular formula is C31H38ClN5O6. The number of benzene rings is 1. The van der Waals surface area contributed by atoms with Crippen molar-refractivity contribution in [1.29, 1.82) is 0 Å². The van der Waals surface area contributed by atoms with Crippen LogP contribution in [-0.2, 0) is 19.2 Å². The van der Waals surface area contributed by atoms with E-state index in [1.54, 1.807) is 18.1 Å². The summed E-state index contributed by atoms with van der Waals surface area (Å²) in [5.74, 6) is -1.62. The molecule has 6 rings (SSSR count). The van der Waals surface area contributed by atoms with Crippen molar-refractivity contribution in [2.75, 3.05) is 26.1 Å². The van der Waals surface area contributed by atoms with Crippen LogP contribution in [0.5, 0.6) is 5.75 Å². The third kappa shape index (κ3) is 5.36. The number of Topliss-reactive ketones (excluding diaryl/α,β-unsaturated/α-hetero) is 1. The maximum absolute atomic E-state index is 14.1. The van der Waals surface area contributed by atoms with Gasteiger partial charge < -0.3 is 30.6 Å². The number of halogens is 1. The van der Waals surface area contributed by atoms with Crippen molar-refractivity contribution in [3.05, 3.63) is 30.0 Å². The summed E-state index contributed by atoms with van der Waals surface area (Å²) in [7, 11) is 1.57. The minimum absolute atomic E-state index is 0.0181. The van der Waals surface area contributed by atoms with Gasteiger partial charge in [0.05, 0.1) is 19.0 Å². The van der Waals surface area contributed by atoms with Gasteiger partial charge in [-0.15, -0.1) is 11.6 Å². The molecule has 0 bridgehead atoms. The standard InChI is InChI=1S/C31H38ClN5O6/c1-31(2)18-14-37(26(24(18)31)29(41)35-20(22(38)13-32)11-16-9-10-33-27(16)39)30(42)25(15-7-8-15)36-28(40)21-12-17-19(34-21)5-4-6-23(17)43-3/h4-6,12,15-16,18,20,24-26,34H,7-11,13-14H2,1-3H3,(H,33,39)(H,35,41)(H,36,40)/t16?,18-,20-,24-,25?,26-/m0/s1. The molecule has 0 spiro atoms. The predicted octanol–water partition coefficient (Wildman–Crippen LogP) is 1.99. The fourth-order valence-corrected chi connectivity index (χ4v) is 7.41. The summed E-state index contributed by atoms with van der Waals surface area (Å²) in [6, 6.07) is 4.71. The van der Waals surface area contributed by atoms with Crippen LogP contribution in [0, 0.1) is 29.1 Å². The van der Waals surface area contributed by atoms with Crippen LogP contribution in [0.3, 0.4) is 0 Å². The Labute approximate surface area is 254 Å². The van der Waals surface area contributed by atoms with Crippen molar-refractivity contribution in [2.45, 2.75) is 57.7 Å². The molecule has 11 nitrogen and oxygen atoms in total. The Morgan fingerprint density at radius 3 is 2.58 bits per heavy atom. The first-order chi connectivity index (χ1) is 20.5. The summed E-state index contributed by atoms with van der Waals surface area (Å²) in [5, 5.41) is 9.34. The largest absolute Gasteiger partial charge is 0.496 e. The number of carbonyl (C=O) groups is 5. The van der Waals surface area contributed by atoms with Crippen LogP contribution in [0.4, 0.5) is 0 Å². The van der Waals surface area contributed by atoms with Crippen LogP contribution in [0.1, 0.15) is 50.0 Å². The van der Waals surface area contributed by atoms with Crippen molar-refractivity contribution in [1.82, 2.24) is 25.8 Å². The van der Waals surface area contributed by atoms with Gasteiger partial charge in [-0.05, 0) is 67.1 Å². The lowest BCUT2D eigenvalue weighted by Gasteiger charge is -2.34. The van der Waals surface area contributed by atoms with Gasteiger partial charge in [0.2, 0.25) is 17.7 Å². The zero-order chi connectivity index (χ0) is 30.6. The first kappa shape index (κ1) is 29.5. The van der Waals surface area contributed by atoms with Gasteiger partial charge in [-0.3, -0.25) is 24.0 Å². The number of hydrogen-bond acceptors (Lipinski definition) is 6. The Morgan fingerprint density at radius 2 is 1.93 bits per heavy atom. The lowest BCUT2D eigenvalue weighted by Crippen LogP contribution is -2.58. The number of alkyl halides is 1. The van der Waals surface area contributed by atoms with Gasteiger partial charge in [-0.1, -0.05) is 19.9 Å². The van der Waals surface area contributed by atoms with Crippen LogP contribution >= 0.6 is 11.6 Å². The summed E-state index contributed by atoms with van der Waals surface area (Å²) >= 11 is 5.88. The number of carbonyl (C=O) groups excluding carboxylic acids is 5. The van der Waals surface area contributed by atoms with Crippen molar-refractivity contribution < 1.29 is 28.7 Å². The molecule has 2 saturated heterocycles. The molecular weight excluding hydrogens is 574 g/mol. The van der Waals surface area contributed by atoms with Gasteiger partial charge in [0.25, 0.3) is 5.91 Å². The van der Waals surface area contributed by atoms with E-state index in [9.17, 15) is 24.0 Å². The molecule has 3 heterocycles. The van der Waals surface area contributed by atoms with E-state index in [-0.39, 0.29) is 59.0 Å². The molecule has 0 radical (unpaired) electrons. The number of hydrogen-bond donors (Lipinski definition) is 4. The highest BCUT2D eigenvalue weighted by Crippen LogP contribution is 2.65. The second-order valence-corrected chi connectivity index (χ2v) is 13.2. The van der Waals surface area contributed by atoms with Crippen molar-refractivity contribution in [3.63, 3.8) is 0 Å². The molecule has 2 aromatic rings. The molecule has 6 atom stereocenters. The second-order valence-electron chi connectivity index (χ2n) is 13.0. The zero-order valence-electron chi connectivity index (χ0n) is 24.6. The number of nitrogens with one attached hydrogen (secondary N) is 4. The van der Waals surface area contributed by atoms with Gasteiger partial charge in [-0.2, -0.15) is 0 Å². The number of methoxy groups -OCH3 is 1. The molecule has 2 unspecified atom stereocenters. The average molecular weight is 612 g/mol. The van der Waals surface area contributed by atoms with E-state index in [0.29, 0.717) is 31.0 Å². The smallest absolute Gasteiger partial charge is 0.268 e. The number of amides is 4. The fourth-order valence-electron chi connectivity index (χ4n) is 7.22. The summed E-state index contributed by atoms with van der Waals surface area (Å²) in [6.07, 6.45) is 2.35. The number of nitrogens with zero attached hydrogens (tertiary/aromatic N) is 1. The molecule has 4 amide bonds. The summed E-state index contributed by atoms with van der Waals surface area (Å²) in [5.41, 5.74) is 0.919. The zero-order valence-corrected chi connectivity index (χ0v) is 25.3. The molecule has 2 aliphatic heterocycles. The maximum Gasteiger partial charge on any atom is 0.268 e. The topological polar surface area (TPSA) is 150 Å². The van der Waals surface area contributed by atoms with Crippen LogP contribution in [0.2, 0.25) is 0 Å². The van der Waals surface area contributed by atoms with E-state index in [2.05, 4.69) is 34.8 Å². The summed E-state index contributed by atoms with van der Waals surface area (Å²) < 4.78 is 5.41. The Kier molecular flexibility index (Phi) is 7.64. The Bertz CT molecular complexity index is 1480. The highest BCUT2D eigenvalue weighted by atomic mass is 35.5. The number of ketones is 1. The number of H-pyrrole nitrogens is 1. The SMILES string of the molecule is COc1cccc2[nH]c(C(=O)NC(C(=O)N3C[C@H]4[C@@H]([C@H]3C(=O)N[C@@H](CC3CCNC3=O)C(=O)CCl)C4(C)C)C3CC3)cc12. The lowest BCUT2D eigenvalue weighted by atomic mass is 9.95. The quantitative estimate of drug-likeness (QED) is 0.286.